The maximum Gasteiger partial charge on any atom is 0.338 e. The second-order valence-electron chi connectivity index (χ2n) is 5.81. The zero-order valence-electron chi connectivity index (χ0n) is 14.6. The third-order valence-corrected chi connectivity index (χ3v) is 3.97. The summed E-state index contributed by atoms with van der Waals surface area (Å²) in [5.41, 5.74) is 4.13. The molecule has 3 aromatic rings. The van der Waals surface area contributed by atoms with Gasteiger partial charge in [-0.25, -0.2) is 4.79 Å². The van der Waals surface area contributed by atoms with Crippen LogP contribution in [0.1, 0.15) is 29.4 Å². The highest BCUT2D eigenvalue weighted by molar-refractivity contribution is 6.31. The van der Waals surface area contributed by atoms with E-state index >= 15 is 0 Å². The fourth-order valence-corrected chi connectivity index (χ4v) is 2.73. The number of benzene rings is 2. The van der Waals surface area contributed by atoms with Crippen molar-refractivity contribution in [1.29, 1.82) is 0 Å². The first-order valence-corrected chi connectivity index (χ1v) is 8.55. The van der Waals surface area contributed by atoms with E-state index in [1.807, 2.05) is 50.2 Å². The van der Waals surface area contributed by atoms with E-state index in [-0.39, 0.29) is 18.4 Å². The van der Waals surface area contributed by atoms with Crippen molar-refractivity contribution in [3.05, 3.63) is 64.8 Å². The second-order valence-corrected chi connectivity index (χ2v) is 6.25. The summed E-state index contributed by atoms with van der Waals surface area (Å²) in [4.78, 5) is 16.4. The van der Waals surface area contributed by atoms with Crippen LogP contribution in [0.4, 0.5) is 11.4 Å². The van der Waals surface area contributed by atoms with Crippen LogP contribution in [0, 0.1) is 6.92 Å². The van der Waals surface area contributed by atoms with E-state index in [2.05, 4.69) is 10.3 Å². The monoisotopic (exact) mass is 389 g/mol. The Labute approximate surface area is 163 Å². The summed E-state index contributed by atoms with van der Waals surface area (Å²) in [6.45, 7) is 4.35. The molecule has 0 amide bonds. The van der Waals surface area contributed by atoms with Gasteiger partial charge in [-0.05, 0) is 61.9 Å². The van der Waals surface area contributed by atoms with Crippen LogP contribution in [0.3, 0.4) is 0 Å². The lowest BCUT2D eigenvalue weighted by Gasteiger charge is -2.12. The minimum atomic E-state index is -0.301. The van der Waals surface area contributed by atoms with Gasteiger partial charge in [-0.3, -0.25) is 4.98 Å². The van der Waals surface area contributed by atoms with Gasteiger partial charge in [0.25, 0.3) is 0 Å². The number of pyridine rings is 1. The van der Waals surface area contributed by atoms with E-state index in [4.69, 9.17) is 16.3 Å². The highest BCUT2D eigenvalue weighted by atomic mass is 35.5. The lowest BCUT2D eigenvalue weighted by molar-refractivity contribution is -0.0000230. The summed E-state index contributed by atoms with van der Waals surface area (Å²) < 4.78 is 5.14. The normalized spacial score (nSPS) is 10.3. The van der Waals surface area contributed by atoms with Crippen LogP contribution in [-0.4, -0.2) is 17.6 Å². The Morgan fingerprint density at radius 1 is 1.15 bits per heavy atom. The molecule has 0 fully saturated rings. The van der Waals surface area contributed by atoms with E-state index in [9.17, 15) is 4.79 Å². The average Bonchev–Trinajstić information content (AvgIpc) is 2.61. The molecule has 0 saturated carbocycles. The molecule has 26 heavy (non-hydrogen) atoms. The van der Waals surface area contributed by atoms with Gasteiger partial charge < -0.3 is 22.5 Å². The van der Waals surface area contributed by atoms with Crippen LogP contribution < -0.4 is 17.7 Å². The van der Waals surface area contributed by atoms with Gasteiger partial charge >= 0.3 is 5.97 Å². The molecule has 0 saturated heterocycles. The number of ether oxygens (including phenoxy) is 1. The van der Waals surface area contributed by atoms with Crippen molar-refractivity contribution in [2.45, 2.75) is 20.3 Å². The van der Waals surface area contributed by atoms with Crippen molar-refractivity contribution >= 4 is 39.8 Å². The number of anilines is 2. The predicted molar refractivity (Wildman–Crippen MR) is 102 cm³/mol. The lowest BCUT2D eigenvalue weighted by Crippen LogP contribution is -3.00. The number of rotatable bonds is 5. The van der Waals surface area contributed by atoms with Crippen LogP contribution in [0.2, 0.25) is 5.02 Å². The minimum absolute atomic E-state index is 0. The first-order valence-electron chi connectivity index (χ1n) is 8.18. The Bertz CT molecular complexity index is 912. The Kier molecular flexibility index (Phi) is 6.83. The number of halogens is 2. The number of esters is 1. The van der Waals surface area contributed by atoms with Crippen LogP contribution in [0.15, 0.2) is 48.5 Å². The van der Waals surface area contributed by atoms with Crippen LogP contribution in [0.25, 0.3) is 10.9 Å². The molecule has 4 nitrogen and oxygen atoms in total. The fraction of sp³-hybridized carbons (Fsp3) is 0.200. The second kappa shape index (κ2) is 8.88. The maximum atomic E-state index is 11.9. The topological polar surface area (TPSA) is 51.2 Å². The van der Waals surface area contributed by atoms with Crippen molar-refractivity contribution < 1.29 is 21.9 Å². The maximum absolute atomic E-state index is 11.9. The van der Waals surface area contributed by atoms with E-state index < -0.39 is 0 Å². The van der Waals surface area contributed by atoms with E-state index in [1.165, 1.54) is 0 Å². The molecule has 0 aliphatic heterocycles. The molecule has 1 aromatic heterocycles. The van der Waals surface area contributed by atoms with E-state index in [0.29, 0.717) is 17.2 Å². The Balaban J connectivity index is 0.00000243. The van der Waals surface area contributed by atoms with Gasteiger partial charge in [-0.2, -0.15) is 0 Å². The van der Waals surface area contributed by atoms with Gasteiger partial charge in [0.1, 0.15) is 0 Å². The molecule has 6 heteroatoms. The third kappa shape index (κ3) is 4.65. The van der Waals surface area contributed by atoms with Crippen molar-refractivity contribution in [2.24, 2.45) is 0 Å². The molecule has 0 aliphatic rings. The molecule has 3 rings (SSSR count). The summed E-state index contributed by atoms with van der Waals surface area (Å²) in [6, 6.07) is 14.8. The number of aryl methyl sites for hydroxylation is 1. The molecule has 0 radical (unpaired) electrons. The molecule has 1 heterocycles. The molecule has 1 N–H and O–H groups in total. The number of carbonyl (C=O) groups excluding carboxylic acids is 1. The SMILES string of the molecule is CCCOC(=O)c1ccc(Nc2cc(C)nc3ccc(Cl)cc23)cc1.[Cl-]. The number of aromatic nitrogens is 1. The third-order valence-electron chi connectivity index (χ3n) is 3.74. The molecule has 0 unspecified atom stereocenters. The van der Waals surface area contributed by atoms with Crippen LogP contribution in [-0.2, 0) is 4.74 Å². The molecular weight excluding hydrogens is 371 g/mol. The summed E-state index contributed by atoms with van der Waals surface area (Å²) >= 11 is 6.12. The molecule has 136 valence electrons. The van der Waals surface area contributed by atoms with Gasteiger partial charge in [0, 0.05) is 27.5 Å². The van der Waals surface area contributed by atoms with Crippen molar-refractivity contribution in [2.75, 3.05) is 11.9 Å². The number of carbonyl (C=O) groups is 1. The van der Waals surface area contributed by atoms with Crippen LogP contribution >= 0.6 is 11.6 Å². The highest BCUT2D eigenvalue weighted by Crippen LogP contribution is 2.28. The van der Waals surface area contributed by atoms with Crippen molar-refractivity contribution in [1.82, 2.24) is 4.98 Å². The summed E-state index contributed by atoms with van der Waals surface area (Å²) in [6.07, 6.45) is 0.808. The molecule has 0 atom stereocenters. The van der Waals surface area contributed by atoms with Crippen LogP contribution in [0.5, 0.6) is 0 Å². The zero-order valence-corrected chi connectivity index (χ0v) is 16.1. The first kappa shape index (κ1) is 20.0. The quantitative estimate of drug-likeness (QED) is 0.681. The van der Waals surface area contributed by atoms with Gasteiger partial charge in [0.2, 0.25) is 0 Å². The Hall–Kier alpha value is -2.30. The molecule has 0 bridgehead atoms. The minimum Gasteiger partial charge on any atom is -1.00 e. The Morgan fingerprint density at radius 2 is 1.88 bits per heavy atom. The number of hydrogen-bond donors (Lipinski definition) is 1. The zero-order chi connectivity index (χ0) is 17.8. The Morgan fingerprint density at radius 3 is 2.58 bits per heavy atom. The first-order chi connectivity index (χ1) is 12.1. The fourth-order valence-electron chi connectivity index (χ4n) is 2.56. The van der Waals surface area contributed by atoms with Gasteiger partial charge in [-0.1, -0.05) is 18.5 Å². The largest absolute Gasteiger partial charge is 1.00 e. The smallest absolute Gasteiger partial charge is 0.338 e. The van der Waals surface area contributed by atoms with Gasteiger partial charge in [0.05, 0.1) is 17.7 Å². The van der Waals surface area contributed by atoms with Gasteiger partial charge in [-0.15, -0.1) is 0 Å². The summed E-state index contributed by atoms with van der Waals surface area (Å²) in [5.74, 6) is -0.301. The summed E-state index contributed by atoms with van der Waals surface area (Å²) in [5, 5.41) is 4.98. The van der Waals surface area contributed by atoms with E-state index in [0.717, 1.165) is 34.4 Å². The average molecular weight is 390 g/mol. The standard InChI is InChI=1S/C20H19ClN2O2.ClH/c1-3-10-25-20(24)14-4-7-16(8-5-14)23-19-11-13(2)22-18-9-6-15(21)12-17(18)19;/h4-9,11-12H,3,10H2,1-2H3,(H,22,23);1H/p-1. The molecule has 0 spiro atoms. The summed E-state index contributed by atoms with van der Waals surface area (Å²) in [7, 11) is 0. The highest BCUT2D eigenvalue weighted by Gasteiger charge is 2.08. The van der Waals surface area contributed by atoms with Crippen molar-refractivity contribution in [3.8, 4) is 0 Å². The number of nitrogens with one attached hydrogen (secondary N) is 1. The number of fused-ring (bicyclic) bond motifs is 1. The predicted octanol–water partition coefficient (Wildman–Crippen LogP) is 2.51. The molecular formula is C20H19Cl2N2O2-. The number of nitrogens with zero attached hydrogens (tertiary/aromatic N) is 1. The van der Waals surface area contributed by atoms with E-state index in [1.54, 1.807) is 12.1 Å². The lowest BCUT2D eigenvalue weighted by atomic mass is 10.1. The molecule has 0 aliphatic carbocycles. The number of hydrogen-bond acceptors (Lipinski definition) is 4. The van der Waals surface area contributed by atoms with Crippen molar-refractivity contribution in [3.63, 3.8) is 0 Å². The molecule has 2 aromatic carbocycles. The van der Waals surface area contributed by atoms with Gasteiger partial charge in [0.15, 0.2) is 0 Å².